The van der Waals surface area contributed by atoms with Gasteiger partial charge >= 0.3 is 0 Å². The van der Waals surface area contributed by atoms with Gasteiger partial charge in [0.1, 0.15) is 0 Å². The van der Waals surface area contributed by atoms with Gasteiger partial charge in [0.2, 0.25) is 5.82 Å². The van der Waals surface area contributed by atoms with Gasteiger partial charge in [0.05, 0.1) is 6.54 Å². The first-order valence-electron chi connectivity index (χ1n) is 10.9. The Bertz CT molecular complexity index is 722. The third-order valence-corrected chi connectivity index (χ3v) is 7.38. The number of thioether (sulfide) groups is 1. The van der Waals surface area contributed by atoms with Gasteiger partial charge in [-0.1, -0.05) is 38.5 Å². The molecule has 0 bridgehead atoms. The van der Waals surface area contributed by atoms with Crippen molar-refractivity contribution in [3.8, 4) is 11.4 Å². The molecule has 0 amide bonds. The van der Waals surface area contributed by atoms with Crippen molar-refractivity contribution < 1.29 is 0 Å². The van der Waals surface area contributed by atoms with Crippen LogP contribution in [0.5, 0.6) is 0 Å². The molecule has 2 fully saturated rings. The van der Waals surface area contributed by atoms with Crippen molar-refractivity contribution in [3.63, 3.8) is 0 Å². The summed E-state index contributed by atoms with van der Waals surface area (Å²) >= 11 is 1.74. The Labute approximate surface area is 173 Å². The summed E-state index contributed by atoms with van der Waals surface area (Å²) in [5.41, 5.74) is 1.58. The maximum atomic E-state index is 4.62. The molecule has 1 aromatic heterocycles. The van der Waals surface area contributed by atoms with Crippen LogP contribution >= 0.6 is 11.8 Å². The number of hydrogen-bond donors (Lipinski definition) is 1. The van der Waals surface area contributed by atoms with Crippen LogP contribution in [0.25, 0.3) is 11.4 Å². The number of benzene rings is 1. The standard InChI is InChI=1S/C22H33N5S/c1-28-20-10-8-18(9-11-20)21-24-26-27(25-21)16-19-12-15-22(17-23-19)13-6-4-2-3-5-7-14-22/h8-11,19,23H,2-7,12-17H2,1H3. The Hall–Kier alpha value is -1.40. The second kappa shape index (κ2) is 9.40. The molecule has 1 aliphatic heterocycles. The van der Waals surface area contributed by atoms with E-state index in [9.17, 15) is 0 Å². The summed E-state index contributed by atoms with van der Waals surface area (Å²) in [5, 5.41) is 17.0. The van der Waals surface area contributed by atoms with Crippen LogP contribution in [0.4, 0.5) is 0 Å². The molecule has 1 saturated heterocycles. The van der Waals surface area contributed by atoms with Gasteiger partial charge < -0.3 is 5.32 Å². The first-order chi connectivity index (χ1) is 13.8. The lowest BCUT2D eigenvalue weighted by Gasteiger charge is -2.41. The summed E-state index contributed by atoms with van der Waals surface area (Å²) < 4.78 is 0. The van der Waals surface area contributed by atoms with Crippen molar-refractivity contribution >= 4 is 11.8 Å². The first-order valence-corrected chi connectivity index (χ1v) is 12.1. The molecule has 1 atom stereocenters. The van der Waals surface area contributed by atoms with Crippen molar-refractivity contribution in [3.05, 3.63) is 24.3 Å². The summed E-state index contributed by atoms with van der Waals surface area (Å²) in [6.07, 6.45) is 16.0. The van der Waals surface area contributed by atoms with Crippen LogP contribution in [0.15, 0.2) is 29.2 Å². The maximum absolute atomic E-state index is 4.62. The van der Waals surface area contributed by atoms with Crippen LogP contribution in [-0.2, 0) is 6.54 Å². The summed E-state index contributed by atoms with van der Waals surface area (Å²) in [5.74, 6) is 0.719. The topological polar surface area (TPSA) is 55.6 Å². The minimum Gasteiger partial charge on any atom is -0.312 e. The van der Waals surface area contributed by atoms with E-state index in [0.717, 1.165) is 24.5 Å². The zero-order valence-electron chi connectivity index (χ0n) is 17.1. The Morgan fingerprint density at radius 1 is 1.04 bits per heavy atom. The molecule has 4 rings (SSSR count). The molecule has 0 radical (unpaired) electrons. The predicted octanol–water partition coefficient (Wildman–Crippen LogP) is 4.93. The van der Waals surface area contributed by atoms with E-state index in [1.165, 1.54) is 69.1 Å². The second-order valence-corrected chi connectivity index (χ2v) is 9.51. The monoisotopic (exact) mass is 399 g/mol. The fraction of sp³-hybridized carbons (Fsp3) is 0.682. The third-order valence-electron chi connectivity index (χ3n) is 6.64. The van der Waals surface area contributed by atoms with E-state index in [-0.39, 0.29) is 0 Å². The average Bonchev–Trinajstić information content (AvgIpc) is 3.23. The molecule has 1 saturated carbocycles. The number of tetrazole rings is 1. The van der Waals surface area contributed by atoms with Crippen LogP contribution < -0.4 is 5.32 Å². The second-order valence-electron chi connectivity index (χ2n) is 8.63. The van der Waals surface area contributed by atoms with Gasteiger partial charge in [-0.05, 0) is 66.8 Å². The van der Waals surface area contributed by atoms with Crippen molar-refractivity contribution in [2.24, 2.45) is 5.41 Å². The molecule has 1 aliphatic carbocycles. The molecule has 1 unspecified atom stereocenters. The molecule has 2 heterocycles. The van der Waals surface area contributed by atoms with Gasteiger partial charge in [-0.3, -0.25) is 0 Å². The normalized spacial score (nSPS) is 23.1. The number of hydrogen-bond acceptors (Lipinski definition) is 5. The number of nitrogens with zero attached hydrogens (tertiary/aromatic N) is 4. The quantitative estimate of drug-likeness (QED) is 0.739. The SMILES string of the molecule is CSc1ccc(-c2nnn(CC3CCC4(CCCCCCCC4)CN3)n2)cc1. The van der Waals surface area contributed by atoms with E-state index in [4.69, 9.17) is 0 Å². The molecule has 28 heavy (non-hydrogen) atoms. The lowest BCUT2D eigenvalue weighted by atomic mass is 9.72. The smallest absolute Gasteiger partial charge is 0.204 e. The van der Waals surface area contributed by atoms with Crippen molar-refractivity contribution in [1.82, 2.24) is 25.5 Å². The van der Waals surface area contributed by atoms with E-state index in [0.29, 0.717) is 11.5 Å². The number of nitrogens with one attached hydrogen (secondary N) is 1. The van der Waals surface area contributed by atoms with E-state index >= 15 is 0 Å². The van der Waals surface area contributed by atoms with E-state index in [2.05, 4.69) is 51.2 Å². The number of rotatable bonds is 4. The molecule has 1 aromatic carbocycles. The molecule has 2 aromatic rings. The molecule has 1 spiro atoms. The summed E-state index contributed by atoms with van der Waals surface area (Å²) in [6.45, 7) is 1.97. The van der Waals surface area contributed by atoms with Gasteiger partial charge in [0, 0.05) is 23.0 Å². The highest BCUT2D eigenvalue weighted by Gasteiger charge is 2.34. The van der Waals surface area contributed by atoms with Crippen molar-refractivity contribution in [1.29, 1.82) is 0 Å². The van der Waals surface area contributed by atoms with Crippen LogP contribution in [0.2, 0.25) is 0 Å². The highest BCUT2D eigenvalue weighted by Crippen LogP contribution is 2.40. The van der Waals surface area contributed by atoms with Gasteiger partial charge in [-0.2, -0.15) is 4.80 Å². The Kier molecular flexibility index (Phi) is 6.68. The fourth-order valence-corrected chi connectivity index (χ4v) is 5.23. The third kappa shape index (κ3) is 4.95. The summed E-state index contributed by atoms with van der Waals surface area (Å²) in [6, 6.07) is 8.83. The molecular weight excluding hydrogens is 366 g/mol. The highest BCUT2D eigenvalue weighted by atomic mass is 32.2. The predicted molar refractivity (Wildman–Crippen MR) is 115 cm³/mol. The van der Waals surface area contributed by atoms with Crippen molar-refractivity contribution in [2.75, 3.05) is 12.8 Å². The van der Waals surface area contributed by atoms with Gasteiger partial charge in [-0.25, -0.2) is 0 Å². The van der Waals surface area contributed by atoms with Gasteiger partial charge in [-0.15, -0.1) is 22.0 Å². The van der Waals surface area contributed by atoms with Gasteiger partial charge in [0.15, 0.2) is 0 Å². The Morgan fingerprint density at radius 2 is 1.75 bits per heavy atom. The van der Waals surface area contributed by atoms with Crippen molar-refractivity contribution in [2.45, 2.75) is 81.7 Å². The Balaban J connectivity index is 1.32. The molecule has 2 aliphatic rings. The minimum absolute atomic E-state index is 0.458. The summed E-state index contributed by atoms with van der Waals surface area (Å²) in [7, 11) is 0. The largest absolute Gasteiger partial charge is 0.312 e. The highest BCUT2D eigenvalue weighted by molar-refractivity contribution is 7.98. The molecular formula is C22H33N5S. The number of piperidine rings is 1. The van der Waals surface area contributed by atoms with Gasteiger partial charge in [0.25, 0.3) is 0 Å². The lowest BCUT2D eigenvalue weighted by Crippen LogP contribution is -2.47. The van der Waals surface area contributed by atoms with Crippen LogP contribution in [-0.4, -0.2) is 39.0 Å². The molecule has 1 N–H and O–H groups in total. The summed E-state index contributed by atoms with van der Waals surface area (Å²) in [4.78, 5) is 3.03. The maximum Gasteiger partial charge on any atom is 0.204 e. The van der Waals surface area contributed by atoms with Crippen LogP contribution in [0.1, 0.15) is 64.2 Å². The number of aromatic nitrogens is 4. The first kappa shape index (κ1) is 19.9. The van der Waals surface area contributed by atoms with E-state index < -0.39 is 0 Å². The Morgan fingerprint density at radius 3 is 2.39 bits per heavy atom. The average molecular weight is 400 g/mol. The zero-order chi connectivity index (χ0) is 19.2. The van der Waals surface area contributed by atoms with Crippen LogP contribution in [0.3, 0.4) is 0 Å². The van der Waals surface area contributed by atoms with E-state index in [1.54, 1.807) is 16.6 Å². The fourth-order valence-electron chi connectivity index (χ4n) is 4.82. The zero-order valence-corrected chi connectivity index (χ0v) is 17.9. The minimum atomic E-state index is 0.458. The molecule has 152 valence electrons. The van der Waals surface area contributed by atoms with E-state index in [1.807, 2.05) is 0 Å². The van der Waals surface area contributed by atoms with Crippen LogP contribution in [0, 0.1) is 5.41 Å². The lowest BCUT2D eigenvalue weighted by molar-refractivity contribution is 0.134. The molecule has 5 nitrogen and oxygen atoms in total. The molecule has 6 heteroatoms.